The fraction of sp³-hybridized carbons (Fsp3) is 0.125. The van der Waals surface area contributed by atoms with Gasteiger partial charge < -0.3 is 14.8 Å². The lowest BCUT2D eigenvalue weighted by Gasteiger charge is -2.08. The Morgan fingerprint density at radius 1 is 1.11 bits per heavy atom. The number of aromatic nitrogens is 1. The van der Waals surface area contributed by atoms with E-state index in [1.165, 1.54) is 0 Å². The molecule has 1 aromatic heterocycles. The van der Waals surface area contributed by atoms with Crippen molar-refractivity contribution in [2.45, 2.75) is 13.5 Å². The van der Waals surface area contributed by atoms with Crippen molar-refractivity contribution >= 4 is 10.9 Å². The van der Waals surface area contributed by atoms with Gasteiger partial charge in [0.25, 0.3) is 0 Å². The lowest BCUT2D eigenvalue weighted by atomic mass is 10.1. The Hall–Kier alpha value is -2.42. The van der Waals surface area contributed by atoms with Crippen LogP contribution in [-0.2, 0) is 6.61 Å². The van der Waals surface area contributed by atoms with Crippen LogP contribution in [0.1, 0.15) is 11.1 Å². The average molecular weight is 253 g/mol. The molecule has 0 atom stereocenters. The third-order valence-corrected chi connectivity index (χ3v) is 3.24. The molecule has 0 unspecified atom stereocenters. The van der Waals surface area contributed by atoms with E-state index in [4.69, 9.17) is 4.74 Å². The molecule has 0 saturated carbocycles. The van der Waals surface area contributed by atoms with Crippen molar-refractivity contribution in [1.29, 1.82) is 0 Å². The summed E-state index contributed by atoms with van der Waals surface area (Å²) in [5.74, 6) is 1.15. The number of phenols is 1. The van der Waals surface area contributed by atoms with Gasteiger partial charge in [0, 0.05) is 22.7 Å². The number of hydrogen-bond acceptors (Lipinski definition) is 2. The Morgan fingerprint density at radius 2 is 1.95 bits per heavy atom. The maximum absolute atomic E-state index is 9.92. The molecular weight excluding hydrogens is 238 g/mol. The molecule has 2 N–H and O–H groups in total. The Kier molecular flexibility index (Phi) is 2.88. The monoisotopic (exact) mass is 253 g/mol. The van der Waals surface area contributed by atoms with E-state index in [9.17, 15) is 5.11 Å². The van der Waals surface area contributed by atoms with Crippen molar-refractivity contribution < 1.29 is 9.84 Å². The summed E-state index contributed by atoms with van der Waals surface area (Å²) in [6.07, 6.45) is 1.88. The van der Waals surface area contributed by atoms with Crippen molar-refractivity contribution in [3.63, 3.8) is 0 Å². The van der Waals surface area contributed by atoms with Crippen molar-refractivity contribution in [3.05, 3.63) is 59.8 Å². The fourth-order valence-electron chi connectivity index (χ4n) is 2.22. The molecule has 0 radical (unpaired) electrons. The van der Waals surface area contributed by atoms with Gasteiger partial charge in [-0.15, -0.1) is 0 Å². The number of aromatic hydroxyl groups is 1. The van der Waals surface area contributed by atoms with Gasteiger partial charge in [-0.25, -0.2) is 0 Å². The molecule has 96 valence electrons. The first kappa shape index (κ1) is 11.7. The van der Waals surface area contributed by atoms with Gasteiger partial charge in [0.05, 0.1) is 0 Å². The predicted octanol–water partition coefficient (Wildman–Crippen LogP) is 3.76. The first-order valence-corrected chi connectivity index (χ1v) is 6.22. The van der Waals surface area contributed by atoms with Crippen molar-refractivity contribution in [3.8, 4) is 11.5 Å². The van der Waals surface area contributed by atoms with E-state index in [0.717, 1.165) is 27.8 Å². The zero-order valence-electron chi connectivity index (χ0n) is 10.7. The highest BCUT2D eigenvalue weighted by Crippen LogP contribution is 2.28. The minimum absolute atomic E-state index is 0.280. The zero-order chi connectivity index (χ0) is 13.2. The largest absolute Gasteiger partial charge is 0.507 e. The van der Waals surface area contributed by atoms with Gasteiger partial charge >= 0.3 is 0 Å². The van der Waals surface area contributed by atoms with Crippen LogP contribution in [0.15, 0.2) is 48.7 Å². The number of fused-ring (bicyclic) bond motifs is 1. The number of rotatable bonds is 3. The molecule has 0 spiro atoms. The minimum atomic E-state index is 0.280. The van der Waals surface area contributed by atoms with Crippen LogP contribution < -0.4 is 4.74 Å². The molecule has 3 aromatic rings. The second kappa shape index (κ2) is 4.69. The number of nitrogens with one attached hydrogen (secondary N) is 1. The molecule has 1 heterocycles. The average Bonchev–Trinajstić information content (AvgIpc) is 2.83. The lowest BCUT2D eigenvalue weighted by molar-refractivity contribution is 0.305. The molecule has 0 aliphatic carbocycles. The highest BCUT2D eigenvalue weighted by atomic mass is 16.5. The van der Waals surface area contributed by atoms with Crippen LogP contribution in [-0.4, -0.2) is 10.1 Å². The molecule has 2 aromatic carbocycles. The fourth-order valence-corrected chi connectivity index (χ4v) is 2.22. The zero-order valence-corrected chi connectivity index (χ0v) is 10.7. The van der Waals surface area contributed by atoms with Crippen LogP contribution in [0.5, 0.6) is 11.5 Å². The van der Waals surface area contributed by atoms with E-state index in [1.807, 2.05) is 49.5 Å². The molecule has 0 amide bonds. The SMILES string of the molecule is Cc1ccccc1OCc1c[nH]c2cccc(O)c12. The van der Waals surface area contributed by atoms with Crippen LogP contribution in [0.3, 0.4) is 0 Å². The van der Waals surface area contributed by atoms with Gasteiger partial charge in [-0.2, -0.15) is 0 Å². The summed E-state index contributed by atoms with van der Waals surface area (Å²) in [5, 5.41) is 10.7. The molecule has 0 saturated heterocycles. The Labute approximate surface area is 111 Å². The van der Waals surface area contributed by atoms with E-state index < -0.39 is 0 Å². The van der Waals surface area contributed by atoms with E-state index in [-0.39, 0.29) is 5.75 Å². The van der Waals surface area contributed by atoms with Gasteiger partial charge in [0.1, 0.15) is 18.1 Å². The van der Waals surface area contributed by atoms with E-state index in [1.54, 1.807) is 6.07 Å². The minimum Gasteiger partial charge on any atom is -0.507 e. The maximum atomic E-state index is 9.92. The smallest absolute Gasteiger partial charge is 0.125 e. The molecule has 0 aliphatic heterocycles. The third-order valence-electron chi connectivity index (χ3n) is 3.24. The molecule has 3 rings (SSSR count). The summed E-state index contributed by atoms with van der Waals surface area (Å²) in [4.78, 5) is 3.14. The van der Waals surface area contributed by atoms with Crippen LogP contribution in [0.2, 0.25) is 0 Å². The molecule has 3 nitrogen and oxygen atoms in total. The summed E-state index contributed by atoms with van der Waals surface area (Å²) in [5.41, 5.74) is 2.98. The Bertz CT molecular complexity index is 716. The highest BCUT2D eigenvalue weighted by molar-refractivity contribution is 5.88. The number of benzene rings is 2. The maximum Gasteiger partial charge on any atom is 0.125 e. The number of aromatic amines is 1. The number of aryl methyl sites for hydroxylation is 1. The van der Waals surface area contributed by atoms with E-state index in [2.05, 4.69) is 4.98 Å². The second-order valence-electron chi connectivity index (χ2n) is 4.57. The summed E-state index contributed by atoms with van der Waals surface area (Å²) in [6.45, 7) is 2.45. The first-order valence-electron chi connectivity index (χ1n) is 6.22. The van der Waals surface area contributed by atoms with Crippen molar-refractivity contribution in [1.82, 2.24) is 4.98 Å². The van der Waals surface area contributed by atoms with Crippen molar-refractivity contribution in [2.24, 2.45) is 0 Å². The first-order chi connectivity index (χ1) is 9.25. The molecule has 0 bridgehead atoms. The quantitative estimate of drug-likeness (QED) is 0.746. The highest BCUT2D eigenvalue weighted by Gasteiger charge is 2.08. The molecule has 3 heteroatoms. The van der Waals surface area contributed by atoms with Gasteiger partial charge in [-0.05, 0) is 30.7 Å². The summed E-state index contributed by atoms with van der Waals surface area (Å²) in [7, 11) is 0. The Balaban J connectivity index is 1.89. The standard InChI is InChI=1S/C16H15NO2/c1-11-5-2-3-8-15(11)19-10-12-9-17-13-6-4-7-14(18)16(12)13/h2-9,17-18H,10H2,1H3. The van der Waals surface area contributed by atoms with Crippen molar-refractivity contribution in [2.75, 3.05) is 0 Å². The van der Waals surface area contributed by atoms with Crippen LogP contribution in [0, 0.1) is 6.92 Å². The van der Waals surface area contributed by atoms with E-state index in [0.29, 0.717) is 6.61 Å². The Morgan fingerprint density at radius 3 is 2.79 bits per heavy atom. The summed E-state index contributed by atoms with van der Waals surface area (Å²) < 4.78 is 5.81. The molecule has 0 fully saturated rings. The van der Waals surface area contributed by atoms with E-state index >= 15 is 0 Å². The van der Waals surface area contributed by atoms with Gasteiger partial charge in [-0.3, -0.25) is 0 Å². The predicted molar refractivity (Wildman–Crippen MR) is 75.5 cm³/mol. The second-order valence-corrected chi connectivity index (χ2v) is 4.57. The van der Waals surface area contributed by atoms with Crippen LogP contribution in [0.4, 0.5) is 0 Å². The molecular formula is C16H15NO2. The molecule has 19 heavy (non-hydrogen) atoms. The normalized spacial score (nSPS) is 10.8. The number of hydrogen-bond donors (Lipinski definition) is 2. The van der Waals surface area contributed by atoms with Gasteiger partial charge in [-0.1, -0.05) is 24.3 Å². The van der Waals surface area contributed by atoms with Crippen LogP contribution in [0.25, 0.3) is 10.9 Å². The molecule has 0 aliphatic rings. The van der Waals surface area contributed by atoms with Crippen LogP contribution >= 0.6 is 0 Å². The summed E-state index contributed by atoms with van der Waals surface area (Å²) >= 11 is 0. The number of H-pyrrole nitrogens is 1. The van der Waals surface area contributed by atoms with Gasteiger partial charge in [0.2, 0.25) is 0 Å². The number of ether oxygens (including phenoxy) is 1. The number of para-hydroxylation sites is 1. The van der Waals surface area contributed by atoms with Gasteiger partial charge in [0.15, 0.2) is 0 Å². The lowest BCUT2D eigenvalue weighted by Crippen LogP contribution is -1.96. The third kappa shape index (κ3) is 2.15. The topological polar surface area (TPSA) is 45.2 Å². The summed E-state index contributed by atoms with van der Waals surface area (Å²) in [6, 6.07) is 13.3. The number of phenolic OH excluding ortho intramolecular Hbond substituents is 1.